The van der Waals surface area contributed by atoms with E-state index in [2.05, 4.69) is 37.4 Å². The van der Waals surface area contributed by atoms with E-state index in [1.165, 1.54) is 9.99 Å². The number of alkyl halides is 2. The Kier molecular flexibility index (Phi) is 3.57. The summed E-state index contributed by atoms with van der Waals surface area (Å²) in [7, 11) is 0. The van der Waals surface area contributed by atoms with E-state index in [9.17, 15) is 0 Å². The van der Waals surface area contributed by atoms with Crippen LogP contribution in [0.1, 0.15) is 34.9 Å². The third-order valence-electron chi connectivity index (χ3n) is 3.88. The number of hydrogen-bond acceptors (Lipinski definition) is 4. The zero-order valence-electron chi connectivity index (χ0n) is 12.5. The number of para-hydroxylation sites is 1. The Bertz CT molecular complexity index is 852. The predicted molar refractivity (Wildman–Crippen MR) is 89.0 cm³/mol. The first-order valence-corrected chi connectivity index (χ1v) is 11.0. The number of nitrogen functional groups attached to an aromatic ring is 1. The third kappa shape index (κ3) is 2.50. The van der Waals surface area contributed by atoms with Crippen molar-refractivity contribution < 1.29 is 21.2 Å². The summed E-state index contributed by atoms with van der Waals surface area (Å²) in [4.78, 5) is 9.65. The Morgan fingerprint density at radius 1 is 1.32 bits per heavy atom. The fourth-order valence-electron chi connectivity index (χ4n) is 2.54. The quantitative estimate of drug-likeness (QED) is 0.510. The molecule has 2 N–H and O–H groups in total. The number of anilines is 1. The van der Waals surface area contributed by atoms with Crippen LogP contribution in [0.2, 0.25) is 0 Å². The molecule has 1 atom stereocenters. The summed E-state index contributed by atoms with van der Waals surface area (Å²) in [6.07, 6.45) is 0. The van der Waals surface area contributed by atoms with Gasteiger partial charge in [0, 0.05) is 0 Å². The summed E-state index contributed by atoms with van der Waals surface area (Å²) in [6, 6.07) is 8.37. The van der Waals surface area contributed by atoms with Crippen LogP contribution in [0.5, 0.6) is 0 Å². The van der Waals surface area contributed by atoms with E-state index in [-0.39, 0.29) is 0 Å². The number of pyridine rings is 1. The third-order valence-corrected chi connectivity index (χ3v) is 7.20. The van der Waals surface area contributed by atoms with E-state index in [4.69, 9.17) is 15.7 Å². The number of halogens is 1. The van der Waals surface area contributed by atoms with Gasteiger partial charge < -0.3 is 0 Å². The van der Waals surface area contributed by atoms with Crippen LogP contribution in [-0.4, -0.2) is 14.4 Å². The number of fused-ring (bicyclic) bond motifs is 1. The first-order valence-electron chi connectivity index (χ1n) is 7.36. The molecule has 22 heavy (non-hydrogen) atoms. The number of aromatic nitrogens is 2. The molecule has 0 radical (unpaired) electrons. The van der Waals surface area contributed by atoms with Gasteiger partial charge in [0.2, 0.25) is 0 Å². The van der Waals surface area contributed by atoms with E-state index in [1.54, 1.807) is 11.3 Å². The topological polar surface area (TPSA) is 51.8 Å². The monoisotopic (exact) mass is 422 g/mol. The Morgan fingerprint density at radius 2 is 2.14 bits per heavy atom. The van der Waals surface area contributed by atoms with E-state index < -0.39 is 0 Å². The van der Waals surface area contributed by atoms with Gasteiger partial charge in [-0.15, -0.1) is 0 Å². The van der Waals surface area contributed by atoms with Crippen molar-refractivity contribution in [2.24, 2.45) is 0 Å². The van der Waals surface area contributed by atoms with Gasteiger partial charge in [-0.25, -0.2) is 0 Å². The Balaban J connectivity index is 1.89. The number of nitrogens with two attached hydrogens (primary N) is 1. The number of benzene rings is 1. The van der Waals surface area contributed by atoms with Crippen LogP contribution in [0.4, 0.5) is 5.69 Å². The molecule has 3 heterocycles. The minimum absolute atomic E-state index is 0.347. The van der Waals surface area contributed by atoms with Crippen LogP contribution in [-0.2, 0) is 0 Å². The molecule has 3 aromatic rings. The van der Waals surface area contributed by atoms with Crippen LogP contribution in [0, 0.1) is 0 Å². The predicted octanol–water partition coefficient (Wildman–Crippen LogP) is 1.21. The summed E-state index contributed by atoms with van der Waals surface area (Å²) < 4.78 is 2.14. The van der Waals surface area contributed by atoms with Gasteiger partial charge in [0.1, 0.15) is 0 Å². The van der Waals surface area contributed by atoms with Crippen molar-refractivity contribution in [3.8, 4) is 10.7 Å². The van der Waals surface area contributed by atoms with Gasteiger partial charge >= 0.3 is 145 Å². The fraction of sp³-hybridized carbons (Fsp3) is 0.294. The molecule has 0 bridgehead atoms. The summed E-state index contributed by atoms with van der Waals surface area (Å²) >= 11 is 2.00. The van der Waals surface area contributed by atoms with Crippen molar-refractivity contribution in [3.63, 3.8) is 0 Å². The van der Waals surface area contributed by atoms with Gasteiger partial charge in [0.25, 0.3) is 0 Å². The first-order chi connectivity index (χ1) is 10.6. The van der Waals surface area contributed by atoms with Gasteiger partial charge in [-0.3, -0.25) is 0 Å². The van der Waals surface area contributed by atoms with E-state index >= 15 is 0 Å². The SMILES string of the molecule is CC(C)c1csc(-c2cc(N)c3cccc(C4C[I-]4)c3n2)n1. The van der Waals surface area contributed by atoms with Crippen molar-refractivity contribution in [3.05, 3.63) is 40.9 Å². The second-order valence-electron chi connectivity index (χ2n) is 5.85. The average Bonchev–Trinajstić information content (AvgIpc) is 3.22. The van der Waals surface area contributed by atoms with Crippen LogP contribution >= 0.6 is 11.3 Å². The van der Waals surface area contributed by atoms with E-state index in [0.717, 1.165) is 36.9 Å². The standard InChI is InChI=1S/C17H17IN3S/c1-9(2)15-8-22-17(21-15)14-6-13(19)11-5-3-4-10(12-7-18-12)16(11)20-14/h3-6,8-9,12H,7H2,1-2H3,(H2,19,20)/q-1. The molecule has 1 aliphatic heterocycles. The maximum atomic E-state index is 6.30. The molecular formula is C17H17IN3S-. The zero-order valence-corrected chi connectivity index (χ0v) is 15.5. The molecule has 1 fully saturated rings. The molecule has 1 aromatic carbocycles. The molecule has 4 rings (SSSR count). The van der Waals surface area contributed by atoms with Crippen LogP contribution in [0.25, 0.3) is 21.6 Å². The molecular weight excluding hydrogens is 405 g/mol. The van der Waals surface area contributed by atoms with Crippen molar-refractivity contribution in [1.82, 2.24) is 9.97 Å². The number of hydrogen-bond donors (Lipinski definition) is 1. The Hall–Kier alpha value is -1.21. The molecule has 3 nitrogen and oxygen atoms in total. The zero-order chi connectivity index (χ0) is 15.3. The molecule has 0 saturated carbocycles. The van der Waals surface area contributed by atoms with Gasteiger partial charge in [-0.05, 0) is 0 Å². The van der Waals surface area contributed by atoms with Crippen LogP contribution in [0.15, 0.2) is 29.6 Å². The van der Waals surface area contributed by atoms with E-state index in [0.29, 0.717) is 27.1 Å². The number of rotatable bonds is 3. The van der Waals surface area contributed by atoms with Crippen molar-refractivity contribution in [2.45, 2.75) is 23.7 Å². The molecule has 0 spiro atoms. The minimum atomic E-state index is 0.347. The average molecular weight is 422 g/mol. The van der Waals surface area contributed by atoms with Crippen molar-refractivity contribution in [1.29, 1.82) is 0 Å². The van der Waals surface area contributed by atoms with Crippen LogP contribution in [0.3, 0.4) is 0 Å². The van der Waals surface area contributed by atoms with E-state index in [1.807, 2.05) is 6.07 Å². The molecule has 2 aromatic heterocycles. The molecule has 0 aliphatic carbocycles. The number of nitrogens with zero attached hydrogens (tertiary/aromatic N) is 2. The van der Waals surface area contributed by atoms with Crippen LogP contribution < -0.4 is 26.9 Å². The maximum absolute atomic E-state index is 6.30. The summed E-state index contributed by atoms with van der Waals surface area (Å²) in [5, 5.41) is 4.18. The van der Waals surface area contributed by atoms with Gasteiger partial charge in [-0.2, -0.15) is 0 Å². The summed E-state index contributed by atoms with van der Waals surface area (Å²) in [6.45, 7) is 4.33. The summed E-state index contributed by atoms with van der Waals surface area (Å²) in [5.41, 5.74) is 11.6. The fourth-order valence-corrected chi connectivity index (χ4v) is 5.19. The summed E-state index contributed by atoms with van der Waals surface area (Å²) in [5.74, 6) is 0.439. The second-order valence-corrected chi connectivity index (χ2v) is 9.97. The molecule has 1 unspecified atom stereocenters. The second kappa shape index (κ2) is 5.45. The number of thiazole rings is 1. The first kappa shape index (κ1) is 14.4. The normalized spacial score (nSPS) is 17.7. The molecule has 1 saturated heterocycles. The Labute approximate surface area is 144 Å². The van der Waals surface area contributed by atoms with Gasteiger partial charge in [-0.1, -0.05) is 0 Å². The van der Waals surface area contributed by atoms with Crippen molar-refractivity contribution in [2.75, 3.05) is 10.2 Å². The Morgan fingerprint density at radius 3 is 2.82 bits per heavy atom. The van der Waals surface area contributed by atoms with Gasteiger partial charge in [0.15, 0.2) is 0 Å². The van der Waals surface area contributed by atoms with Gasteiger partial charge in [0.05, 0.1) is 0 Å². The molecule has 114 valence electrons. The molecule has 5 heteroatoms. The molecule has 0 amide bonds. The molecule has 1 aliphatic rings. The van der Waals surface area contributed by atoms with Crippen molar-refractivity contribution >= 4 is 27.9 Å².